The molecule has 0 aliphatic rings. The predicted molar refractivity (Wildman–Crippen MR) is 144 cm³/mol. The van der Waals surface area contributed by atoms with E-state index in [0.29, 0.717) is 0 Å². The Hall–Kier alpha value is -3.56. The second-order valence-electron chi connectivity index (χ2n) is 8.68. The van der Waals surface area contributed by atoms with Crippen LogP contribution in [-0.2, 0) is 25.7 Å². The first kappa shape index (κ1) is 29.4. The number of nitrogen functional groups attached to an aromatic ring is 2. The molecule has 8 nitrogen and oxygen atoms in total. The molecule has 0 spiro atoms. The van der Waals surface area contributed by atoms with Gasteiger partial charge in [-0.15, -0.1) is 0 Å². The van der Waals surface area contributed by atoms with Crippen molar-refractivity contribution in [2.24, 2.45) is 0 Å². The van der Waals surface area contributed by atoms with E-state index in [2.05, 4.69) is 0 Å². The van der Waals surface area contributed by atoms with Gasteiger partial charge in [0.25, 0.3) is 20.2 Å². The van der Waals surface area contributed by atoms with Gasteiger partial charge in [-0.25, -0.2) is 0 Å². The molecule has 0 saturated carbocycles. The summed E-state index contributed by atoms with van der Waals surface area (Å²) in [6.45, 7) is 0. The van der Waals surface area contributed by atoms with Gasteiger partial charge in [-0.1, -0.05) is 42.1 Å². The zero-order valence-corrected chi connectivity index (χ0v) is 22.7. The second-order valence-corrected chi connectivity index (χ2v) is 12.6. The van der Waals surface area contributed by atoms with Gasteiger partial charge in [0.05, 0.1) is 4.90 Å². The van der Waals surface area contributed by atoms with Crippen molar-refractivity contribution < 1.29 is 39.1 Å². The van der Waals surface area contributed by atoms with Crippen molar-refractivity contribution in [1.29, 1.82) is 0 Å². The van der Waals surface area contributed by atoms with Crippen LogP contribution in [0.4, 0.5) is 24.5 Å². The lowest BCUT2D eigenvalue weighted by atomic mass is 9.68. The molecule has 0 radical (unpaired) electrons. The van der Waals surface area contributed by atoms with Crippen molar-refractivity contribution in [3.05, 3.63) is 108 Å². The van der Waals surface area contributed by atoms with Crippen LogP contribution in [0.3, 0.4) is 0 Å². The van der Waals surface area contributed by atoms with Gasteiger partial charge in [0, 0.05) is 21.2 Å². The van der Waals surface area contributed by atoms with Crippen molar-refractivity contribution in [3.63, 3.8) is 0 Å². The average Bonchev–Trinajstić information content (AvgIpc) is 2.85. The first-order valence-corrected chi connectivity index (χ1v) is 14.9. The smallest absolute Gasteiger partial charge is 0.399 e. The van der Waals surface area contributed by atoms with E-state index in [1.54, 1.807) is 0 Å². The summed E-state index contributed by atoms with van der Waals surface area (Å²) in [5.41, 5.74) is 7.94. The third-order valence-electron chi connectivity index (χ3n) is 6.12. The number of nitrogens with two attached hydrogens (primary N) is 2. The van der Waals surface area contributed by atoms with Crippen LogP contribution in [0, 0.1) is 0 Å². The van der Waals surface area contributed by atoms with E-state index in [1.807, 2.05) is 0 Å². The highest BCUT2D eigenvalue weighted by Crippen LogP contribution is 2.52. The molecule has 0 unspecified atom stereocenters. The molecule has 0 aliphatic heterocycles. The molecule has 0 saturated heterocycles. The fourth-order valence-corrected chi connectivity index (χ4v) is 6.63. The Labute approximate surface area is 232 Å². The summed E-state index contributed by atoms with van der Waals surface area (Å²) < 4.78 is 113. The maximum Gasteiger partial charge on any atom is 0.406 e. The van der Waals surface area contributed by atoms with E-state index in [4.69, 9.17) is 16.0 Å². The van der Waals surface area contributed by atoms with Gasteiger partial charge in [0.1, 0.15) is 10.3 Å². The lowest BCUT2D eigenvalue weighted by Crippen LogP contribution is -2.44. The highest BCUT2D eigenvalue weighted by atomic mass is 32.2. The number of rotatable bonds is 7. The monoisotopic (exact) mass is 610 g/mol. The maximum absolute atomic E-state index is 15.3. The molecule has 0 bridgehead atoms. The largest absolute Gasteiger partial charge is 0.406 e. The van der Waals surface area contributed by atoms with Gasteiger partial charge in [-0.3, -0.25) is 9.11 Å². The quantitative estimate of drug-likeness (QED) is 0.122. The summed E-state index contributed by atoms with van der Waals surface area (Å²) in [4.78, 5) is -1.06. The zero-order chi connectivity index (χ0) is 29.5. The van der Waals surface area contributed by atoms with Crippen molar-refractivity contribution in [3.8, 4) is 0 Å². The average molecular weight is 611 g/mol. The summed E-state index contributed by atoms with van der Waals surface area (Å²) in [6, 6.07) is 17.5. The van der Waals surface area contributed by atoms with E-state index in [-0.39, 0.29) is 32.3 Å². The van der Waals surface area contributed by atoms with Crippen molar-refractivity contribution >= 4 is 43.4 Å². The zero-order valence-electron chi connectivity index (χ0n) is 20.2. The summed E-state index contributed by atoms with van der Waals surface area (Å²) >= 11 is 0.753. The predicted octanol–water partition coefficient (Wildman–Crippen LogP) is 5.39. The van der Waals surface area contributed by atoms with Crippen LogP contribution in [-0.4, -0.2) is 32.1 Å². The van der Waals surface area contributed by atoms with Crippen LogP contribution in [0.15, 0.2) is 111 Å². The lowest BCUT2D eigenvalue weighted by Gasteiger charge is -2.38. The molecule has 0 aromatic heterocycles. The molecule has 4 rings (SSSR count). The van der Waals surface area contributed by atoms with E-state index in [0.717, 1.165) is 42.1 Å². The van der Waals surface area contributed by atoms with Crippen LogP contribution in [0.5, 0.6) is 0 Å². The molecule has 0 heterocycles. The Morgan fingerprint density at radius 3 is 1.48 bits per heavy atom. The second kappa shape index (κ2) is 10.4. The molecule has 0 amide bonds. The Kier molecular flexibility index (Phi) is 7.68. The van der Waals surface area contributed by atoms with Gasteiger partial charge >= 0.3 is 6.18 Å². The molecular formula is C26H21F3N2O6S3. The van der Waals surface area contributed by atoms with Gasteiger partial charge in [-0.05, 0) is 77.4 Å². The topological polar surface area (TPSA) is 161 Å². The van der Waals surface area contributed by atoms with Crippen molar-refractivity contribution in [1.82, 2.24) is 0 Å². The standard InChI is InChI=1S/C26H21F3N2O6S3/c27-26(28,29)25(16-1-6-19(30)7-2-16,17-3-8-20(31)9-4-17)18-5-14-23(24(15-18)40(35,36)37)38-21-10-12-22(13-11-21)39(32,33)34/h1-15H,30-31H2,(H,32,33,34)(H,35,36,37). The molecule has 14 heteroatoms. The summed E-state index contributed by atoms with van der Waals surface area (Å²) in [7, 11) is -9.54. The molecule has 210 valence electrons. The number of alkyl halides is 3. The molecule has 6 N–H and O–H groups in total. The highest BCUT2D eigenvalue weighted by Gasteiger charge is 2.58. The summed E-state index contributed by atoms with van der Waals surface area (Å²) in [5, 5.41) is 0. The van der Waals surface area contributed by atoms with Crippen LogP contribution >= 0.6 is 11.8 Å². The molecule has 0 aliphatic carbocycles. The van der Waals surface area contributed by atoms with Crippen molar-refractivity contribution in [2.75, 3.05) is 11.5 Å². The third kappa shape index (κ3) is 5.67. The molecular weight excluding hydrogens is 589 g/mol. The molecule has 4 aromatic carbocycles. The summed E-state index contributed by atoms with van der Waals surface area (Å²) in [6.07, 6.45) is -5.02. The fraction of sp³-hybridized carbons (Fsp3) is 0.0769. The van der Waals surface area contributed by atoms with Crippen LogP contribution in [0.25, 0.3) is 0 Å². The minimum Gasteiger partial charge on any atom is -0.399 e. The van der Waals surface area contributed by atoms with E-state index < -0.39 is 47.2 Å². The van der Waals surface area contributed by atoms with Gasteiger partial charge in [-0.2, -0.15) is 30.0 Å². The normalized spacial score (nSPS) is 12.8. The number of hydrogen-bond donors (Lipinski definition) is 4. The minimum absolute atomic E-state index is 0.128. The SMILES string of the molecule is Nc1ccc(C(c2ccc(N)cc2)(c2ccc(Sc3ccc(S(=O)(=O)O)cc3)c(S(=O)(=O)O)c2)C(F)(F)F)cc1. The van der Waals surface area contributed by atoms with Crippen LogP contribution in [0.2, 0.25) is 0 Å². The Morgan fingerprint density at radius 2 is 1.07 bits per heavy atom. The number of hydrogen-bond acceptors (Lipinski definition) is 7. The van der Waals surface area contributed by atoms with E-state index in [9.17, 15) is 21.4 Å². The van der Waals surface area contributed by atoms with Crippen LogP contribution < -0.4 is 11.5 Å². The number of anilines is 2. The fourth-order valence-electron chi connectivity index (χ4n) is 4.29. The Balaban J connectivity index is 1.97. The first-order chi connectivity index (χ1) is 18.5. The molecule has 0 atom stereocenters. The van der Waals surface area contributed by atoms with E-state index in [1.165, 1.54) is 60.7 Å². The van der Waals surface area contributed by atoms with Crippen LogP contribution in [0.1, 0.15) is 16.7 Å². The van der Waals surface area contributed by atoms with E-state index >= 15 is 13.2 Å². The minimum atomic E-state index is -5.06. The van der Waals surface area contributed by atoms with Gasteiger partial charge < -0.3 is 11.5 Å². The number of halogens is 3. The maximum atomic E-state index is 15.3. The summed E-state index contributed by atoms with van der Waals surface area (Å²) in [5.74, 6) is 0. The Morgan fingerprint density at radius 1 is 0.625 bits per heavy atom. The Bertz CT molecular complexity index is 1710. The molecule has 4 aromatic rings. The van der Waals surface area contributed by atoms with Gasteiger partial charge in [0.15, 0.2) is 0 Å². The van der Waals surface area contributed by atoms with Gasteiger partial charge in [0.2, 0.25) is 0 Å². The highest BCUT2D eigenvalue weighted by molar-refractivity contribution is 8.00. The molecule has 0 fully saturated rings. The first-order valence-electron chi connectivity index (χ1n) is 11.2. The third-order valence-corrected chi connectivity index (χ3v) is 9.09. The number of benzene rings is 4. The van der Waals surface area contributed by atoms with Crippen molar-refractivity contribution in [2.45, 2.75) is 31.2 Å². The molecule has 40 heavy (non-hydrogen) atoms. The lowest BCUT2D eigenvalue weighted by molar-refractivity contribution is -0.166.